The number of nitrogens with zero attached hydrogens (tertiary/aromatic N) is 1. The van der Waals surface area contributed by atoms with E-state index in [2.05, 4.69) is 37.2 Å². The van der Waals surface area contributed by atoms with E-state index in [1.807, 2.05) is 0 Å². The van der Waals surface area contributed by atoms with Crippen molar-refractivity contribution in [2.75, 3.05) is 32.8 Å². The summed E-state index contributed by atoms with van der Waals surface area (Å²) in [6, 6.07) is -13.0. The van der Waals surface area contributed by atoms with Crippen LogP contribution in [0.5, 0.6) is 0 Å². The van der Waals surface area contributed by atoms with Gasteiger partial charge in [-0.15, -0.1) is 0 Å². The fourth-order valence-electron chi connectivity index (χ4n) is 7.51. The van der Waals surface area contributed by atoms with Gasteiger partial charge in [0.05, 0.1) is 19.6 Å². The smallest absolute Gasteiger partial charge is 0.326 e. The molecule has 404 valence electrons. The van der Waals surface area contributed by atoms with Gasteiger partial charge in [0.25, 0.3) is 0 Å². The maximum absolute atomic E-state index is 14.0. The summed E-state index contributed by atoms with van der Waals surface area (Å²) in [4.78, 5) is 146. The number of carboxylic acid groups (broad SMARTS) is 2. The van der Waals surface area contributed by atoms with Crippen LogP contribution in [0, 0.1) is 11.8 Å². The zero-order valence-corrected chi connectivity index (χ0v) is 41.1. The first-order chi connectivity index (χ1) is 33.5. The van der Waals surface area contributed by atoms with Gasteiger partial charge < -0.3 is 85.5 Å². The Labute approximate surface area is 412 Å². The summed E-state index contributed by atoms with van der Waals surface area (Å²) in [7, 11) is 0. The van der Waals surface area contributed by atoms with Gasteiger partial charge in [-0.25, -0.2) is 4.79 Å². The van der Waals surface area contributed by atoms with Crippen molar-refractivity contribution in [3.8, 4) is 0 Å². The number of aliphatic hydroxyl groups is 2. The summed E-state index contributed by atoms with van der Waals surface area (Å²) in [6.07, 6.45) is 0.411. The van der Waals surface area contributed by atoms with Crippen molar-refractivity contribution < 1.29 is 73.2 Å². The van der Waals surface area contributed by atoms with Crippen molar-refractivity contribution in [1.82, 2.24) is 42.1 Å². The standard InChI is InChI=1S/C44H78N12O15/c1-5-24(4)35(55-41(67)31(22-58)54-38(64)26(11-6-8-16-45)49-36(62)25(47)21-57)42(68)50-27(12-7-9-17-46)37(63)53-30(20-33(48)59)40(66)52-29(19-23(2)3)39(65)51-28(14-15-34(60)61)43(69)56-18-10-13-32(56)44(70)71/h23-32,35,57-58H,5-22,45-47H2,1-4H3,(H2,48,59)(H,49,62)(H,50,68)(H,51,65)(H,52,66)(H,53,63)(H,54,64)(H,55,67)(H,60,61)(H,70,71)/t24-,25-,26-,27-,28-,29-,30-,31-,32-,35-/m0/s1. The second-order valence-electron chi connectivity index (χ2n) is 18.0. The second-order valence-corrected chi connectivity index (χ2v) is 18.0. The van der Waals surface area contributed by atoms with Crippen molar-refractivity contribution >= 4 is 65.1 Å². The van der Waals surface area contributed by atoms with Crippen LogP contribution in [-0.4, -0.2) is 178 Å². The zero-order valence-electron chi connectivity index (χ0n) is 41.1. The summed E-state index contributed by atoms with van der Waals surface area (Å²) in [5.74, 6) is -12.0. The van der Waals surface area contributed by atoms with Crippen LogP contribution in [-0.2, 0) is 52.7 Å². The van der Waals surface area contributed by atoms with Crippen LogP contribution < -0.4 is 60.2 Å². The Bertz CT molecular complexity index is 1820. The number of carbonyl (C=O) groups excluding carboxylic acids is 9. The van der Waals surface area contributed by atoms with Crippen LogP contribution in [0.25, 0.3) is 0 Å². The number of aliphatic hydroxyl groups excluding tert-OH is 2. The topological polar surface area (TPSA) is 460 Å². The van der Waals surface area contributed by atoms with E-state index in [0.29, 0.717) is 32.1 Å². The van der Waals surface area contributed by atoms with Gasteiger partial charge in [0.2, 0.25) is 53.2 Å². The summed E-state index contributed by atoms with van der Waals surface area (Å²) >= 11 is 0. The first kappa shape index (κ1) is 63.0. The van der Waals surface area contributed by atoms with Crippen molar-refractivity contribution in [3.05, 3.63) is 0 Å². The number of likely N-dealkylation sites (tertiary alicyclic amines) is 1. The molecule has 19 N–H and O–H groups in total. The fraction of sp³-hybridized carbons (Fsp3) is 0.750. The normalized spacial score (nSPS) is 17.2. The number of hydrogen-bond donors (Lipinski definition) is 15. The van der Waals surface area contributed by atoms with Gasteiger partial charge in [-0.3, -0.25) is 47.9 Å². The van der Waals surface area contributed by atoms with Crippen molar-refractivity contribution in [1.29, 1.82) is 0 Å². The molecule has 0 spiro atoms. The number of unbranched alkanes of at least 4 members (excludes halogenated alkanes) is 2. The number of nitrogens with one attached hydrogen (secondary N) is 7. The lowest BCUT2D eigenvalue weighted by Crippen LogP contribution is -2.62. The molecule has 1 saturated heterocycles. The van der Waals surface area contributed by atoms with Crippen molar-refractivity contribution in [3.63, 3.8) is 0 Å². The second kappa shape index (κ2) is 32.8. The molecule has 0 radical (unpaired) electrons. The molecule has 0 aliphatic carbocycles. The van der Waals surface area contributed by atoms with Gasteiger partial charge in [-0.2, -0.15) is 0 Å². The molecular weight excluding hydrogens is 937 g/mol. The van der Waals surface area contributed by atoms with Crippen LogP contribution in [0.15, 0.2) is 0 Å². The first-order valence-corrected chi connectivity index (χ1v) is 24.0. The number of nitrogens with two attached hydrogens (primary N) is 4. The highest BCUT2D eigenvalue weighted by atomic mass is 16.4. The molecule has 1 aliphatic heterocycles. The van der Waals surface area contributed by atoms with E-state index in [1.165, 1.54) is 0 Å². The number of rotatable bonds is 35. The van der Waals surface area contributed by atoms with Crippen molar-refractivity contribution in [2.45, 2.75) is 166 Å². The van der Waals surface area contributed by atoms with Gasteiger partial charge in [0.1, 0.15) is 54.4 Å². The molecule has 27 heteroatoms. The SMILES string of the molecule is CC[C@H](C)[C@H](NC(=O)[C@H](CO)NC(=O)[C@H](CCCCN)NC(=O)[C@@H](N)CO)C(=O)N[C@@H](CCCCN)C(=O)N[C@@H](CC(N)=O)C(=O)N[C@@H](CC(C)C)C(=O)N[C@@H](CCC(=O)O)C(=O)N1CCC[C@H]1C(=O)O. The molecule has 0 saturated carbocycles. The fourth-order valence-corrected chi connectivity index (χ4v) is 7.51. The lowest BCUT2D eigenvalue weighted by atomic mass is 9.97. The van der Waals surface area contributed by atoms with Crippen LogP contribution in [0.3, 0.4) is 0 Å². The molecule has 0 aromatic carbocycles. The number of hydrogen-bond acceptors (Lipinski definition) is 16. The number of primary amides is 1. The highest BCUT2D eigenvalue weighted by Gasteiger charge is 2.40. The van der Waals surface area contributed by atoms with E-state index in [9.17, 15) is 73.2 Å². The van der Waals surface area contributed by atoms with Gasteiger partial charge in [0, 0.05) is 13.0 Å². The van der Waals surface area contributed by atoms with Gasteiger partial charge in [-0.1, -0.05) is 34.1 Å². The predicted octanol–water partition coefficient (Wildman–Crippen LogP) is -5.14. The minimum Gasteiger partial charge on any atom is -0.481 e. The van der Waals surface area contributed by atoms with Gasteiger partial charge in [0.15, 0.2) is 0 Å². The molecule has 0 bridgehead atoms. The molecule has 0 unspecified atom stereocenters. The molecule has 71 heavy (non-hydrogen) atoms. The monoisotopic (exact) mass is 1010 g/mol. The highest BCUT2D eigenvalue weighted by molar-refractivity contribution is 5.99. The average Bonchev–Trinajstić information content (AvgIpc) is 3.82. The third kappa shape index (κ3) is 22.3. The molecule has 27 nitrogen and oxygen atoms in total. The molecule has 0 aromatic rings. The summed E-state index contributed by atoms with van der Waals surface area (Å²) in [6.45, 7) is 5.57. The van der Waals surface area contributed by atoms with E-state index < -0.39 is 158 Å². The largest absolute Gasteiger partial charge is 0.481 e. The summed E-state index contributed by atoms with van der Waals surface area (Å²) in [5.41, 5.74) is 22.3. The Kier molecular flexibility index (Phi) is 29.1. The van der Waals surface area contributed by atoms with E-state index in [4.69, 9.17) is 22.9 Å². The first-order valence-electron chi connectivity index (χ1n) is 24.0. The average molecular weight is 1020 g/mol. The molecule has 10 atom stereocenters. The van der Waals surface area contributed by atoms with E-state index in [1.54, 1.807) is 27.7 Å². The van der Waals surface area contributed by atoms with E-state index in [0.717, 1.165) is 4.90 Å². The molecule has 1 heterocycles. The minimum absolute atomic E-state index is 0.0461. The Morgan fingerprint density at radius 1 is 0.606 bits per heavy atom. The van der Waals surface area contributed by atoms with Crippen molar-refractivity contribution in [2.24, 2.45) is 34.8 Å². The predicted molar refractivity (Wildman–Crippen MR) is 253 cm³/mol. The maximum Gasteiger partial charge on any atom is 0.326 e. The number of carboxylic acids is 2. The molecular formula is C44H78N12O15. The van der Waals surface area contributed by atoms with Crippen LogP contribution in [0.2, 0.25) is 0 Å². The quantitative estimate of drug-likeness (QED) is 0.0264. The molecule has 9 amide bonds. The van der Waals surface area contributed by atoms with Crippen LogP contribution >= 0.6 is 0 Å². The lowest BCUT2D eigenvalue weighted by Gasteiger charge is -2.30. The maximum atomic E-state index is 14.0. The van der Waals surface area contributed by atoms with E-state index in [-0.39, 0.29) is 57.7 Å². The number of carbonyl (C=O) groups is 11. The minimum atomic E-state index is -1.75. The third-order valence-electron chi connectivity index (χ3n) is 11.8. The Balaban J connectivity index is 3.43. The Morgan fingerprint density at radius 3 is 1.56 bits per heavy atom. The molecule has 1 rings (SSSR count). The molecule has 0 aromatic heterocycles. The Hall–Kier alpha value is -6.03. The summed E-state index contributed by atoms with van der Waals surface area (Å²) in [5, 5.41) is 55.7. The molecule has 1 aliphatic rings. The molecule has 1 fully saturated rings. The van der Waals surface area contributed by atoms with Gasteiger partial charge in [-0.05, 0) is 89.1 Å². The highest BCUT2D eigenvalue weighted by Crippen LogP contribution is 2.20. The van der Waals surface area contributed by atoms with Crippen LogP contribution in [0.4, 0.5) is 0 Å². The number of aliphatic carboxylic acids is 2. The van der Waals surface area contributed by atoms with Crippen LogP contribution in [0.1, 0.15) is 111 Å². The summed E-state index contributed by atoms with van der Waals surface area (Å²) < 4.78 is 0. The number of amides is 9. The van der Waals surface area contributed by atoms with Gasteiger partial charge >= 0.3 is 11.9 Å². The Morgan fingerprint density at radius 2 is 1.08 bits per heavy atom. The third-order valence-corrected chi connectivity index (χ3v) is 11.8. The van der Waals surface area contributed by atoms with E-state index >= 15 is 0 Å². The lowest BCUT2D eigenvalue weighted by molar-refractivity contribution is -0.150. The zero-order chi connectivity index (χ0) is 54.0.